The second kappa shape index (κ2) is 5.75. The van der Waals surface area contributed by atoms with Gasteiger partial charge >= 0.3 is 0 Å². The lowest BCUT2D eigenvalue weighted by molar-refractivity contribution is 0.205. The summed E-state index contributed by atoms with van der Waals surface area (Å²) in [6.07, 6.45) is 8.87. The van der Waals surface area contributed by atoms with Crippen molar-refractivity contribution in [1.82, 2.24) is 9.55 Å². The maximum Gasteiger partial charge on any atom is 0.0945 e. The minimum Gasteiger partial charge on any atom is -0.396 e. The van der Waals surface area contributed by atoms with Crippen LogP contribution in [0.5, 0.6) is 0 Å². The second-order valence-electron chi connectivity index (χ2n) is 3.43. The molecule has 1 aromatic heterocycles. The fraction of sp³-hybridized carbons (Fsp3) is 0.700. The predicted molar refractivity (Wildman–Crippen MR) is 52.3 cm³/mol. The Labute approximate surface area is 79.4 Å². The molecule has 1 N–H and O–H groups in total. The third-order valence-electron chi connectivity index (χ3n) is 2.31. The summed E-state index contributed by atoms with van der Waals surface area (Å²) < 4.78 is 2.05. The summed E-state index contributed by atoms with van der Waals surface area (Å²) in [6, 6.07) is 0. The number of hydrogen-bond donors (Lipinski definition) is 1. The van der Waals surface area contributed by atoms with E-state index in [2.05, 4.69) is 16.5 Å². The lowest BCUT2D eigenvalue weighted by atomic mass is 10.0. The van der Waals surface area contributed by atoms with Gasteiger partial charge in [0.05, 0.1) is 6.33 Å². The number of imidazole rings is 1. The van der Waals surface area contributed by atoms with Crippen molar-refractivity contribution >= 4 is 0 Å². The van der Waals surface area contributed by atoms with Crippen LogP contribution < -0.4 is 0 Å². The predicted octanol–water partition coefficient (Wildman–Crippen LogP) is 1.68. The molecule has 0 spiro atoms. The SMILES string of the molecule is CCC[C@@H](CO)CCn1ccnc1. The summed E-state index contributed by atoms with van der Waals surface area (Å²) in [5.74, 6) is 0.451. The molecule has 1 rings (SSSR count). The summed E-state index contributed by atoms with van der Waals surface area (Å²) in [5, 5.41) is 9.06. The van der Waals surface area contributed by atoms with E-state index < -0.39 is 0 Å². The quantitative estimate of drug-likeness (QED) is 0.727. The molecular weight excluding hydrogens is 164 g/mol. The minimum absolute atomic E-state index is 0.308. The molecule has 0 aliphatic rings. The summed E-state index contributed by atoms with van der Waals surface area (Å²) >= 11 is 0. The molecule has 0 aliphatic carbocycles. The normalized spacial score (nSPS) is 13.1. The van der Waals surface area contributed by atoms with Crippen molar-refractivity contribution in [2.24, 2.45) is 5.92 Å². The van der Waals surface area contributed by atoms with Gasteiger partial charge in [0.1, 0.15) is 0 Å². The maximum atomic E-state index is 9.06. The van der Waals surface area contributed by atoms with Crippen LogP contribution in [0.4, 0.5) is 0 Å². The van der Waals surface area contributed by atoms with E-state index in [0.29, 0.717) is 12.5 Å². The van der Waals surface area contributed by atoms with Crippen molar-refractivity contribution in [2.75, 3.05) is 6.61 Å². The Morgan fingerprint density at radius 2 is 2.31 bits per heavy atom. The molecule has 0 aromatic carbocycles. The molecule has 0 aliphatic heterocycles. The van der Waals surface area contributed by atoms with Crippen LogP contribution in [0, 0.1) is 5.92 Å². The highest BCUT2D eigenvalue weighted by Gasteiger charge is 2.05. The van der Waals surface area contributed by atoms with E-state index in [1.807, 2.05) is 12.5 Å². The molecule has 0 radical (unpaired) electrons. The van der Waals surface area contributed by atoms with Gasteiger partial charge in [-0.1, -0.05) is 13.3 Å². The molecule has 1 aromatic rings. The van der Waals surface area contributed by atoms with Crippen LogP contribution in [-0.2, 0) is 6.54 Å². The first kappa shape index (κ1) is 10.3. The molecule has 0 unspecified atom stereocenters. The molecule has 13 heavy (non-hydrogen) atoms. The molecule has 0 bridgehead atoms. The van der Waals surface area contributed by atoms with Gasteiger partial charge in [-0.2, -0.15) is 0 Å². The second-order valence-corrected chi connectivity index (χ2v) is 3.43. The molecule has 0 saturated carbocycles. The van der Waals surface area contributed by atoms with Crippen LogP contribution in [0.25, 0.3) is 0 Å². The van der Waals surface area contributed by atoms with Gasteiger partial charge in [0, 0.05) is 25.5 Å². The number of aromatic nitrogens is 2. The van der Waals surface area contributed by atoms with Crippen molar-refractivity contribution < 1.29 is 5.11 Å². The van der Waals surface area contributed by atoms with Crippen molar-refractivity contribution in [1.29, 1.82) is 0 Å². The average molecular weight is 182 g/mol. The van der Waals surface area contributed by atoms with E-state index in [9.17, 15) is 0 Å². The van der Waals surface area contributed by atoms with Crippen LogP contribution in [0.2, 0.25) is 0 Å². The van der Waals surface area contributed by atoms with Gasteiger partial charge in [-0.05, 0) is 18.8 Å². The third-order valence-corrected chi connectivity index (χ3v) is 2.31. The van der Waals surface area contributed by atoms with Crippen LogP contribution in [0.1, 0.15) is 26.2 Å². The van der Waals surface area contributed by atoms with E-state index in [-0.39, 0.29) is 0 Å². The Morgan fingerprint density at radius 1 is 1.46 bits per heavy atom. The molecular formula is C10H18N2O. The van der Waals surface area contributed by atoms with Crippen molar-refractivity contribution in [2.45, 2.75) is 32.7 Å². The highest BCUT2D eigenvalue weighted by molar-refractivity contribution is 4.74. The van der Waals surface area contributed by atoms with Gasteiger partial charge in [-0.15, -0.1) is 0 Å². The van der Waals surface area contributed by atoms with Crippen LogP contribution >= 0.6 is 0 Å². The topological polar surface area (TPSA) is 38.0 Å². The Morgan fingerprint density at radius 3 is 2.85 bits per heavy atom. The molecule has 0 amide bonds. The Hall–Kier alpha value is -0.830. The van der Waals surface area contributed by atoms with Gasteiger partial charge in [0.2, 0.25) is 0 Å². The third kappa shape index (κ3) is 3.59. The fourth-order valence-electron chi connectivity index (χ4n) is 1.49. The molecule has 1 atom stereocenters. The van der Waals surface area contributed by atoms with Crippen molar-refractivity contribution in [3.05, 3.63) is 18.7 Å². The lowest BCUT2D eigenvalue weighted by Gasteiger charge is -2.12. The van der Waals surface area contributed by atoms with E-state index >= 15 is 0 Å². The molecule has 3 nitrogen and oxygen atoms in total. The van der Waals surface area contributed by atoms with E-state index in [4.69, 9.17) is 5.11 Å². The summed E-state index contributed by atoms with van der Waals surface area (Å²) in [7, 11) is 0. The first-order valence-corrected chi connectivity index (χ1v) is 4.93. The zero-order chi connectivity index (χ0) is 9.52. The number of aliphatic hydroxyl groups excluding tert-OH is 1. The number of hydrogen-bond acceptors (Lipinski definition) is 2. The van der Waals surface area contributed by atoms with Gasteiger partial charge in [-0.25, -0.2) is 4.98 Å². The van der Waals surface area contributed by atoms with E-state index in [1.165, 1.54) is 0 Å². The van der Waals surface area contributed by atoms with E-state index in [1.54, 1.807) is 6.20 Å². The molecule has 1 heterocycles. The average Bonchev–Trinajstić information content (AvgIpc) is 2.64. The maximum absolute atomic E-state index is 9.06. The van der Waals surface area contributed by atoms with Crippen LogP contribution in [0.3, 0.4) is 0 Å². The van der Waals surface area contributed by atoms with Gasteiger partial charge < -0.3 is 9.67 Å². The van der Waals surface area contributed by atoms with Crippen LogP contribution in [0.15, 0.2) is 18.7 Å². The van der Waals surface area contributed by atoms with Crippen molar-refractivity contribution in [3.8, 4) is 0 Å². The molecule has 0 saturated heterocycles. The summed E-state index contributed by atoms with van der Waals surface area (Å²) in [4.78, 5) is 3.97. The van der Waals surface area contributed by atoms with E-state index in [0.717, 1.165) is 25.8 Å². The number of nitrogens with zero attached hydrogens (tertiary/aromatic N) is 2. The Bertz CT molecular complexity index is 209. The smallest absolute Gasteiger partial charge is 0.0945 e. The monoisotopic (exact) mass is 182 g/mol. The first-order valence-electron chi connectivity index (χ1n) is 4.93. The first-order chi connectivity index (χ1) is 6.36. The summed E-state index contributed by atoms with van der Waals surface area (Å²) in [6.45, 7) is 3.42. The number of rotatable bonds is 6. The molecule has 74 valence electrons. The zero-order valence-corrected chi connectivity index (χ0v) is 8.19. The highest BCUT2D eigenvalue weighted by atomic mass is 16.3. The minimum atomic E-state index is 0.308. The highest BCUT2D eigenvalue weighted by Crippen LogP contribution is 2.11. The van der Waals surface area contributed by atoms with Gasteiger partial charge in [0.15, 0.2) is 0 Å². The summed E-state index contributed by atoms with van der Waals surface area (Å²) in [5.41, 5.74) is 0. The zero-order valence-electron chi connectivity index (χ0n) is 8.19. The number of aryl methyl sites for hydroxylation is 1. The standard InChI is InChI=1S/C10H18N2O/c1-2-3-10(8-13)4-6-12-7-5-11-9-12/h5,7,9-10,13H,2-4,6,8H2,1H3/t10-/m1/s1. The largest absolute Gasteiger partial charge is 0.396 e. The molecule has 0 fully saturated rings. The van der Waals surface area contributed by atoms with Crippen molar-refractivity contribution in [3.63, 3.8) is 0 Å². The Balaban J connectivity index is 2.23. The number of aliphatic hydroxyl groups is 1. The Kier molecular flexibility index (Phi) is 4.54. The fourth-order valence-corrected chi connectivity index (χ4v) is 1.49. The van der Waals surface area contributed by atoms with Gasteiger partial charge in [-0.3, -0.25) is 0 Å². The van der Waals surface area contributed by atoms with Crippen LogP contribution in [-0.4, -0.2) is 21.3 Å². The molecule has 3 heteroatoms. The van der Waals surface area contributed by atoms with Gasteiger partial charge in [0.25, 0.3) is 0 Å². The lowest BCUT2D eigenvalue weighted by Crippen LogP contribution is -2.09.